The Morgan fingerprint density at radius 2 is 0.418 bits per heavy atom. The molecule has 0 aliphatic carbocycles. The molecule has 0 aromatic rings. The number of rotatable bonds is 47. The van der Waals surface area contributed by atoms with Gasteiger partial charge in [-0.15, -0.1) is 0 Å². The minimum absolute atomic E-state index is 0.635. The maximum absolute atomic E-state index is 2.75. The van der Waals surface area contributed by atoms with Crippen LogP contribution in [0.2, 0.25) is 0 Å². The first-order valence-electron chi connectivity index (χ1n) is 26.5. The summed E-state index contributed by atoms with van der Waals surface area (Å²) in [6, 6.07) is 0. The Kier molecular flexibility index (Phi) is 42.3. The normalized spacial score (nSPS) is 14.3. The predicted octanol–water partition coefficient (Wildman–Crippen LogP) is 19.0. The molecule has 1 heterocycles. The minimum Gasteiger partial charge on any atom is -0.356 e. The molecule has 1 unspecified atom stereocenters. The highest BCUT2D eigenvalue weighted by Gasteiger charge is 2.25. The number of hydrogen-bond donors (Lipinski definition) is 0. The van der Waals surface area contributed by atoms with Crippen LogP contribution in [0.15, 0.2) is 12.4 Å². The molecule has 1 aliphatic heterocycles. The molecule has 0 aromatic heterocycles. The lowest BCUT2D eigenvalue weighted by atomic mass is 10.0. The van der Waals surface area contributed by atoms with Crippen molar-refractivity contribution >= 4 is 0 Å². The first kappa shape index (κ1) is 52.4. The quantitative estimate of drug-likeness (QED) is 0.0569. The van der Waals surface area contributed by atoms with Gasteiger partial charge in [-0.05, 0) is 25.7 Å². The summed E-state index contributed by atoms with van der Waals surface area (Å²) >= 11 is 0. The standard InChI is InChI=1S/C53H106N2/c1-4-7-10-13-16-19-22-25-27-28-30-33-36-39-42-45-48-53-54(49-46-43-40-37-34-31-24-21-18-15-12-9-6-3)51-52-55(53)50-47-44-41-38-35-32-29-26-23-20-17-14-11-8-5-2/h51-53H,4-50H2,1-3H3. The SMILES string of the molecule is CCCCCCCCCCCCCCCCCCC1N(CCCCCCCCCCCCCCC)C=CN1CCCCCCCCCCCCCCCCC. The largest absolute Gasteiger partial charge is 0.356 e. The Labute approximate surface area is 350 Å². The predicted molar refractivity (Wildman–Crippen MR) is 251 cm³/mol. The van der Waals surface area contributed by atoms with Crippen molar-refractivity contribution in [2.24, 2.45) is 0 Å². The summed E-state index contributed by atoms with van der Waals surface area (Å²) in [5.74, 6) is 0. The van der Waals surface area contributed by atoms with Gasteiger partial charge >= 0.3 is 0 Å². The molecule has 0 N–H and O–H groups in total. The van der Waals surface area contributed by atoms with Gasteiger partial charge in [-0.3, -0.25) is 0 Å². The Balaban J connectivity index is 2.19. The lowest BCUT2D eigenvalue weighted by Crippen LogP contribution is -2.39. The maximum atomic E-state index is 2.75. The van der Waals surface area contributed by atoms with Crippen molar-refractivity contribution in [3.63, 3.8) is 0 Å². The lowest BCUT2D eigenvalue weighted by Gasteiger charge is -2.33. The molecule has 0 radical (unpaired) electrons. The van der Waals surface area contributed by atoms with E-state index in [1.54, 1.807) is 0 Å². The number of hydrogen-bond acceptors (Lipinski definition) is 2. The van der Waals surface area contributed by atoms with E-state index >= 15 is 0 Å². The molecule has 0 amide bonds. The van der Waals surface area contributed by atoms with Gasteiger partial charge in [0.05, 0.1) is 0 Å². The summed E-state index contributed by atoms with van der Waals surface area (Å²) < 4.78 is 0. The van der Waals surface area contributed by atoms with Crippen molar-refractivity contribution in [1.29, 1.82) is 0 Å². The molecule has 1 atom stereocenters. The van der Waals surface area contributed by atoms with Crippen LogP contribution in [-0.2, 0) is 0 Å². The minimum atomic E-state index is 0.635. The molecule has 0 fully saturated rings. The van der Waals surface area contributed by atoms with Crippen LogP contribution in [0.4, 0.5) is 0 Å². The van der Waals surface area contributed by atoms with Gasteiger partial charge in [-0.1, -0.05) is 284 Å². The van der Waals surface area contributed by atoms with Crippen LogP contribution < -0.4 is 0 Å². The highest BCUT2D eigenvalue weighted by molar-refractivity contribution is 4.97. The topological polar surface area (TPSA) is 6.48 Å². The van der Waals surface area contributed by atoms with Gasteiger partial charge in [-0.2, -0.15) is 0 Å². The smallest absolute Gasteiger partial charge is 0.101 e. The summed E-state index contributed by atoms with van der Waals surface area (Å²) in [6.45, 7) is 9.50. The Morgan fingerprint density at radius 1 is 0.236 bits per heavy atom. The molecule has 1 aliphatic rings. The molecule has 2 heteroatoms. The molecular formula is C53H106N2. The van der Waals surface area contributed by atoms with Gasteiger partial charge in [0.25, 0.3) is 0 Å². The van der Waals surface area contributed by atoms with Crippen LogP contribution in [0.3, 0.4) is 0 Å². The van der Waals surface area contributed by atoms with Crippen molar-refractivity contribution in [3.05, 3.63) is 12.4 Å². The Bertz CT molecular complexity index is 732. The highest BCUT2D eigenvalue weighted by atomic mass is 15.4. The second kappa shape index (κ2) is 44.4. The molecular weight excluding hydrogens is 665 g/mol. The number of nitrogens with zero attached hydrogens (tertiary/aromatic N) is 2. The first-order valence-corrected chi connectivity index (χ1v) is 26.5. The Hall–Kier alpha value is -0.660. The van der Waals surface area contributed by atoms with Gasteiger partial charge in [0.15, 0.2) is 0 Å². The van der Waals surface area contributed by atoms with Crippen LogP contribution in [-0.4, -0.2) is 29.1 Å². The zero-order valence-corrected chi connectivity index (χ0v) is 38.9. The van der Waals surface area contributed by atoms with E-state index < -0.39 is 0 Å². The fourth-order valence-electron chi connectivity index (χ4n) is 9.19. The molecule has 2 nitrogen and oxygen atoms in total. The van der Waals surface area contributed by atoms with Crippen LogP contribution in [0.1, 0.15) is 310 Å². The van der Waals surface area contributed by atoms with E-state index in [4.69, 9.17) is 0 Å². The molecule has 0 saturated carbocycles. The third kappa shape index (κ3) is 36.2. The zero-order chi connectivity index (χ0) is 39.4. The van der Waals surface area contributed by atoms with Crippen molar-refractivity contribution in [2.75, 3.05) is 13.1 Å². The lowest BCUT2D eigenvalue weighted by molar-refractivity contribution is 0.135. The molecule has 0 spiro atoms. The fraction of sp³-hybridized carbons (Fsp3) is 0.962. The monoisotopic (exact) mass is 771 g/mol. The van der Waals surface area contributed by atoms with E-state index in [0.717, 1.165) is 0 Å². The third-order valence-corrected chi connectivity index (χ3v) is 13.1. The first-order chi connectivity index (χ1) is 27.3. The molecule has 1 rings (SSSR count). The molecule has 55 heavy (non-hydrogen) atoms. The zero-order valence-electron chi connectivity index (χ0n) is 38.9. The summed E-state index contributed by atoms with van der Waals surface area (Å²) in [5.41, 5.74) is 0. The summed E-state index contributed by atoms with van der Waals surface area (Å²) in [6.07, 6.45) is 70.8. The molecule has 328 valence electrons. The average molecular weight is 771 g/mol. The van der Waals surface area contributed by atoms with E-state index in [1.165, 1.54) is 302 Å². The van der Waals surface area contributed by atoms with Gasteiger partial charge in [0, 0.05) is 25.5 Å². The van der Waals surface area contributed by atoms with E-state index in [-0.39, 0.29) is 0 Å². The molecule has 0 saturated heterocycles. The van der Waals surface area contributed by atoms with Crippen LogP contribution in [0.25, 0.3) is 0 Å². The summed E-state index contributed by atoms with van der Waals surface area (Å²) in [7, 11) is 0. The highest BCUT2D eigenvalue weighted by Crippen LogP contribution is 2.24. The molecule has 0 aromatic carbocycles. The summed E-state index contributed by atoms with van der Waals surface area (Å²) in [4.78, 5) is 5.49. The second-order valence-corrected chi connectivity index (χ2v) is 18.5. The van der Waals surface area contributed by atoms with Crippen LogP contribution >= 0.6 is 0 Å². The van der Waals surface area contributed by atoms with Gasteiger partial charge < -0.3 is 9.80 Å². The van der Waals surface area contributed by atoms with Gasteiger partial charge in [0.1, 0.15) is 6.17 Å². The average Bonchev–Trinajstić information content (AvgIpc) is 3.58. The van der Waals surface area contributed by atoms with Crippen LogP contribution in [0.5, 0.6) is 0 Å². The van der Waals surface area contributed by atoms with Crippen molar-refractivity contribution in [2.45, 2.75) is 316 Å². The Morgan fingerprint density at radius 3 is 0.636 bits per heavy atom. The summed E-state index contributed by atoms with van der Waals surface area (Å²) in [5, 5.41) is 0. The molecule has 0 bridgehead atoms. The van der Waals surface area contributed by atoms with Gasteiger partial charge in [-0.25, -0.2) is 0 Å². The maximum Gasteiger partial charge on any atom is 0.101 e. The second-order valence-electron chi connectivity index (χ2n) is 18.5. The van der Waals surface area contributed by atoms with Crippen molar-refractivity contribution < 1.29 is 0 Å². The van der Waals surface area contributed by atoms with Crippen molar-refractivity contribution in [3.8, 4) is 0 Å². The fourth-order valence-corrected chi connectivity index (χ4v) is 9.19. The van der Waals surface area contributed by atoms with E-state index in [1.807, 2.05) is 0 Å². The van der Waals surface area contributed by atoms with Crippen LogP contribution in [0, 0.1) is 0 Å². The van der Waals surface area contributed by atoms with E-state index in [9.17, 15) is 0 Å². The van der Waals surface area contributed by atoms with E-state index in [0.29, 0.717) is 6.17 Å². The van der Waals surface area contributed by atoms with Gasteiger partial charge in [0.2, 0.25) is 0 Å². The van der Waals surface area contributed by atoms with E-state index in [2.05, 4.69) is 43.0 Å². The number of unbranched alkanes of at least 4 members (excludes halogenated alkanes) is 41. The van der Waals surface area contributed by atoms with Crippen molar-refractivity contribution in [1.82, 2.24) is 9.80 Å². The third-order valence-electron chi connectivity index (χ3n) is 13.1.